The van der Waals surface area contributed by atoms with Crippen LogP contribution in [-0.4, -0.2) is 24.4 Å². The van der Waals surface area contributed by atoms with Gasteiger partial charge in [0, 0.05) is 17.5 Å². The van der Waals surface area contributed by atoms with Gasteiger partial charge in [0.15, 0.2) is 6.61 Å². The average molecular weight is 403 g/mol. The summed E-state index contributed by atoms with van der Waals surface area (Å²) in [4.78, 5) is 37.1. The van der Waals surface area contributed by atoms with E-state index in [0.717, 1.165) is 28.1 Å². The van der Waals surface area contributed by atoms with Gasteiger partial charge in [-0.05, 0) is 43.4 Å². The summed E-state index contributed by atoms with van der Waals surface area (Å²) in [5, 5.41) is 5.90. The Balaban J connectivity index is 2.06. The van der Waals surface area contributed by atoms with Crippen LogP contribution in [0.4, 0.5) is 10.7 Å². The van der Waals surface area contributed by atoms with Crippen molar-refractivity contribution in [3.8, 4) is 0 Å². The minimum absolute atomic E-state index is 0.269. The molecule has 6 nitrogen and oxygen atoms in total. The van der Waals surface area contributed by atoms with Crippen molar-refractivity contribution in [2.75, 3.05) is 17.2 Å². The Bertz CT molecular complexity index is 889. The summed E-state index contributed by atoms with van der Waals surface area (Å²) in [6.07, 6.45) is 0.949. The van der Waals surface area contributed by atoms with E-state index in [1.165, 1.54) is 18.3 Å². The van der Waals surface area contributed by atoms with Crippen LogP contribution in [0.15, 0.2) is 24.3 Å². The fraction of sp³-hybridized carbons (Fsp3) is 0.381. The molecule has 0 aliphatic carbocycles. The number of ether oxygens (including phenoxy) is 1. The lowest BCUT2D eigenvalue weighted by molar-refractivity contribution is -0.119. The first kappa shape index (κ1) is 21.6. The van der Waals surface area contributed by atoms with Crippen LogP contribution in [0.3, 0.4) is 0 Å². The summed E-state index contributed by atoms with van der Waals surface area (Å²) in [5.41, 5.74) is 2.80. The number of carbonyl (C=O) groups is 3. The first-order valence-electron chi connectivity index (χ1n) is 9.18. The van der Waals surface area contributed by atoms with E-state index in [4.69, 9.17) is 4.74 Å². The van der Waals surface area contributed by atoms with Crippen LogP contribution in [0.25, 0.3) is 0 Å². The molecule has 0 spiro atoms. The van der Waals surface area contributed by atoms with E-state index in [0.29, 0.717) is 16.5 Å². The largest absolute Gasteiger partial charge is 0.452 e. The Morgan fingerprint density at radius 1 is 1.14 bits per heavy atom. The third-order valence-corrected chi connectivity index (χ3v) is 5.71. The summed E-state index contributed by atoms with van der Waals surface area (Å²) in [5.74, 6) is -1.00. The number of para-hydroxylation sites is 1. The van der Waals surface area contributed by atoms with Crippen LogP contribution in [0.2, 0.25) is 0 Å². The van der Waals surface area contributed by atoms with Gasteiger partial charge in [-0.3, -0.25) is 9.59 Å². The molecular weight excluding hydrogens is 376 g/mol. The highest BCUT2D eigenvalue weighted by molar-refractivity contribution is 7.16. The first-order chi connectivity index (χ1) is 13.2. The molecule has 1 aromatic heterocycles. The molecule has 28 heavy (non-hydrogen) atoms. The van der Waals surface area contributed by atoms with Crippen molar-refractivity contribution in [3.63, 3.8) is 0 Å². The lowest BCUT2D eigenvalue weighted by atomic mass is 9.97. The van der Waals surface area contributed by atoms with Gasteiger partial charge in [-0.15, -0.1) is 11.3 Å². The highest BCUT2D eigenvalue weighted by atomic mass is 32.1. The molecule has 0 radical (unpaired) electrons. The maximum Gasteiger partial charge on any atom is 0.341 e. The van der Waals surface area contributed by atoms with Gasteiger partial charge in [0.1, 0.15) is 5.00 Å². The Kier molecular flexibility index (Phi) is 7.34. The molecule has 0 bridgehead atoms. The quantitative estimate of drug-likeness (QED) is 0.661. The number of esters is 1. The number of hydrogen-bond acceptors (Lipinski definition) is 5. The summed E-state index contributed by atoms with van der Waals surface area (Å²) in [6.45, 7) is 8.80. The number of aryl methyl sites for hydroxylation is 1. The molecular formula is C21H26N2O4S. The number of rotatable bonds is 7. The van der Waals surface area contributed by atoms with E-state index in [9.17, 15) is 14.4 Å². The van der Waals surface area contributed by atoms with Gasteiger partial charge in [-0.25, -0.2) is 4.79 Å². The van der Waals surface area contributed by atoms with Gasteiger partial charge >= 0.3 is 5.97 Å². The third kappa shape index (κ3) is 5.19. The molecule has 0 aliphatic rings. The molecule has 1 atom stereocenters. The van der Waals surface area contributed by atoms with Gasteiger partial charge in [0.05, 0.1) is 5.56 Å². The summed E-state index contributed by atoms with van der Waals surface area (Å²) in [7, 11) is 0. The molecule has 150 valence electrons. The van der Waals surface area contributed by atoms with Crippen molar-refractivity contribution in [2.45, 2.75) is 47.0 Å². The smallest absolute Gasteiger partial charge is 0.341 e. The molecule has 1 heterocycles. The minimum atomic E-state index is -0.629. The molecule has 2 rings (SSSR count). The number of hydrogen-bond donors (Lipinski definition) is 2. The summed E-state index contributed by atoms with van der Waals surface area (Å²) >= 11 is 1.31. The Hall–Kier alpha value is -2.67. The van der Waals surface area contributed by atoms with Crippen molar-refractivity contribution in [3.05, 3.63) is 45.8 Å². The van der Waals surface area contributed by atoms with E-state index in [2.05, 4.69) is 24.5 Å². The Morgan fingerprint density at radius 3 is 2.46 bits per heavy atom. The monoisotopic (exact) mass is 402 g/mol. The second kappa shape index (κ2) is 9.50. The second-order valence-electron chi connectivity index (χ2n) is 6.69. The Labute approximate surface area is 169 Å². The normalized spacial score (nSPS) is 11.6. The van der Waals surface area contributed by atoms with E-state index in [-0.39, 0.29) is 5.91 Å². The Morgan fingerprint density at radius 2 is 1.82 bits per heavy atom. The average Bonchev–Trinajstić information content (AvgIpc) is 2.92. The minimum Gasteiger partial charge on any atom is -0.452 e. The number of carbonyl (C=O) groups excluding carboxylic acids is 3. The highest BCUT2D eigenvalue weighted by Crippen LogP contribution is 2.33. The van der Waals surface area contributed by atoms with Gasteiger partial charge < -0.3 is 15.4 Å². The highest BCUT2D eigenvalue weighted by Gasteiger charge is 2.22. The summed E-state index contributed by atoms with van der Waals surface area (Å²) < 4.78 is 5.21. The molecule has 0 saturated heterocycles. The van der Waals surface area contributed by atoms with E-state index in [1.807, 2.05) is 31.2 Å². The molecule has 1 aromatic carbocycles. The zero-order valence-electron chi connectivity index (χ0n) is 16.8. The topological polar surface area (TPSA) is 84.5 Å². The fourth-order valence-corrected chi connectivity index (χ4v) is 3.87. The molecule has 7 heteroatoms. The van der Waals surface area contributed by atoms with Crippen LogP contribution in [-0.2, 0) is 14.3 Å². The number of anilines is 2. The van der Waals surface area contributed by atoms with Gasteiger partial charge in [-0.1, -0.05) is 32.0 Å². The molecule has 2 amide bonds. The van der Waals surface area contributed by atoms with Gasteiger partial charge in [0.2, 0.25) is 5.91 Å². The molecule has 2 aromatic rings. The van der Waals surface area contributed by atoms with E-state index >= 15 is 0 Å². The van der Waals surface area contributed by atoms with Crippen molar-refractivity contribution in [1.82, 2.24) is 0 Å². The SMILES string of the molecule is CC[C@@H](C)c1ccccc1NC(=O)COC(=O)c1c(NC(C)=O)sc(C)c1C. The van der Waals surface area contributed by atoms with Crippen molar-refractivity contribution in [1.29, 1.82) is 0 Å². The van der Waals surface area contributed by atoms with Crippen LogP contribution >= 0.6 is 11.3 Å². The van der Waals surface area contributed by atoms with Crippen molar-refractivity contribution >= 4 is 39.8 Å². The van der Waals surface area contributed by atoms with Crippen molar-refractivity contribution in [2.24, 2.45) is 0 Å². The number of thiophene rings is 1. The lowest BCUT2D eigenvalue weighted by Crippen LogP contribution is -2.22. The molecule has 0 fully saturated rings. The molecule has 0 saturated carbocycles. The fourth-order valence-electron chi connectivity index (χ4n) is 2.77. The van der Waals surface area contributed by atoms with Crippen LogP contribution < -0.4 is 10.6 Å². The van der Waals surface area contributed by atoms with Crippen LogP contribution in [0.1, 0.15) is 59.5 Å². The van der Waals surface area contributed by atoms with Gasteiger partial charge in [0.25, 0.3) is 5.91 Å². The lowest BCUT2D eigenvalue weighted by Gasteiger charge is -2.15. The standard InChI is InChI=1S/C21H26N2O4S/c1-6-12(2)16-9-7-8-10-17(16)23-18(25)11-27-21(26)19-13(3)14(4)28-20(19)22-15(5)24/h7-10,12H,6,11H2,1-5H3,(H,22,24)(H,23,25)/t12-/m1/s1. The van der Waals surface area contributed by atoms with E-state index < -0.39 is 18.5 Å². The predicted octanol–water partition coefficient (Wildman–Crippen LogP) is 4.63. The zero-order chi connectivity index (χ0) is 20.8. The van der Waals surface area contributed by atoms with E-state index in [1.54, 1.807) is 6.92 Å². The van der Waals surface area contributed by atoms with Crippen molar-refractivity contribution < 1.29 is 19.1 Å². The summed E-state index contributed by atoms with van der Waals surface area (Å²) in [6, 6.07) is 7.60. The molecule has 2 N–H and O–H groups in total. The van der Waals surface area contributed by atoms with Crippen LogP contribution in [0.5, 0.6) is 0 Å². The molecule has 0 aliphatic heterocycles. The maximum atomic E-state index is 12.5. The zero-order valence-corrected chi connectivity index (χ0v) is 17.7. The van der Waals surface area contributed by atoms with Crippen LogP contribution in [0, 0.1) is 13.8 Å². The number of amides is 2. The molecule has 0 unspecified atom stereocenters. The maximum absolute atomic E-state index is 12.5. The predicted molar refractivity (Wildman–Crippen MR) is 112 cm³/mol. The van der Waals surface area contributed by atoms with Gasteiger partial charge in [-0.2, -0.15) is 0 Å². The number of benzene rings is 1. The third-order valence-electron chi connectivity index (χ3n) is 4.59. The number of nitrogens with one attached hydrogen (secondary N) is 2. The second-order valence-corrected chi connectivity index (χ2v) is 7.91. The first-order valence-corrected chi connectivity index (χ1v) is 9.99.